The number of hydrogen-bond donors (Lipinski definition) is 1. The maximum Gasteiger partial charge on any atom is 0.403 e. The van der Waals surface area contributed by atoms with Gasteiger partial charge in [-0.05, 0) is 31.9 Å². The van der Waals surface area contributed by atoms with Gasteiger partial charge < -0.3 is 5.73 Å². The summed E-state index contributed by atoms with van der Waals surface area (Å²) in [5.74, 6) is 0. The first-order chi connectivity index (χ1) is 6.30. The van der Waals surface area contributed by atoms with Crippen LogP contribution >= 0.6 is 11.3 Å². The van der Waals surface area contributed by atoms with Crippen LogP contribution in [0.2, 0.25) is 0 Å². The van der Waals surface area contributed by atoms with Crippen molar-refractivity contribution in [2.24, 2.45) is 5.73 Å². The molecule has 1 nitrogen and oxygen atoms in total. The fourth-order valence-electron chi connectivity index (χ4n) is 1.24. The van der Waals surface area contributed by atoms with Gasteiger partial charge in [0.25, 0.3) is 0 Å². The predicted molar refractivity (Wildman–Crippen MR) is 51.5 cm³/mol. The lowest BCUT2D eigenvalue weighted by molar-refractivity contribution is -0.147. The average Bonchev–Trinajstić information content (AvgIpc) is 2.28. The molecule has 80 valence electrons. The smallest absolute Gasteiger partial charge is 0.320 e. The fourth-order valence-corrected chi connectivity index (χ4v) is 2.20. The van der Waals surface area contributed by atoms with Gasteiger partial charge in [0.05, 0.1) is 0 Å². The molecule has 0 aromatic carbocycles. The average molecular weight is 223 g/mol. The van der Waals surface area contributed by atoms with Crippen molar-refractivity contribution in [3.8, 4) is 0 Å². The number of hydrogen-bond acceptors (Lipinski definition) is 2. The van der Waals surface area contributed by atoms with E-state index in [9.17, 15) is 13.2 Å². The largest absolute Gasteiger partial charge is 0.403 e. The van der Waals surface area contributed by atoms with Gasteiger partial charge in [0.2, 0.25) is 0 Å². The van der Waals surface area contributed by atoms with Gasteiger partial charge in [-0.15, -0.1) is 11.3 Å². The molecule has 1 atom stereocenters. The molecule has 0 radical (unpaired) electrons. The van der Waals surface area contributed by atoms with Gasteiger partial charge in [0.1, 0.15) is 6.04 Å². The molecule has 1 unspecified atom stereocenters. The molecule has 0 spiro atoms. The highest BCUT2D eigenvalue weighted by Crippen LogP contribution is 2.26. The Labute approximate surface area is 84.7 Å². The zero-order chi connectivity index (χ0) is 10.9. The number of rotatable bonds is 2. The molecular formula is C9H12F3NS. The Morgan fingerprint density at radius 2 is 2.00 bits per heavy atom. The third kappa shape index (κ3) is 2.72. The summed E-state index contributed by atoms with van der Waals surface area (Å²) in [5.41, 5.74) is 5.75. The van der Waals surface area contributed by atoms with Gasteiger partial charge in [-0.25, -0.2) is 0 Å². The topological polar surface area (TPSA) is 26.0 Å². The third-order valence-corrected chi connectivity index (χ3v) is 3.01. The van der Waals surface area contributed by atoms with E-state index in [2.05, 4.69) is 0 Å². The van der Waals surface area contributed by atoms with Crippen LogP contribution in [0.3, 0.4) is 0 Å². The maximum atomic E-state index is 12.2. The summed E-state index contributed by atoms with van der Waals surface area (Å²) in [6.07, 6.45) is -4.43. The van der Waals surface area contributed by atoms with Crippen LogP contribution in [0.15, 0.2) is 6.07 Å². The van der Waals surface area contributed by atoms with Crippen LogP contribution in [0.4, 0.5) is 13.2 Å². The maximum absolute atomic E-state index is 12.2. The fraction of sp³-hybridized carbons (Fsp3) is 0.556. The van der Waals surface area contributed by atoms with E-state index in [0.29, 0.717) is 5.56 Å². The van der Waals surface area contributed by atoms with Crippen molar-refractivity contribution in [3.63, 3.8) is 0 Å². The van der Waals surface area contributed by atoms with E-state index < -0.39 is 12.2 Å². The highest BCUT2D eigenvalue weighted by atomic mass is 32.1. The van der Waals surface area contributed by atoms with Crippen molar-refractivity contribution in [2.45, 2.75) is 32.5 Å². The molecule has 1 heterocycles. The lowest BCUT2D eigenvalue weighted by Crippen LogP contribution is -2.39. The summed E-state index contributed by atoms with van der Waals surface area (Å²) in [6, 6.07) is 0.0150. The summed E-state index contributed by atoms with van der Waals surface area (Å²) in [5, 5.41) is 0. The van der Waals surface area contributed by atoms with Gasteiger partial charge in [-0.3, -0.25) is 0 Å². The van der Waals surface area contributed by atoms with Gasteiger partial charge in [0.15, 0.2) is 0 Å². The molecule has 1 aromatic rings. The molecule has 0 amide bonds. The number of halogens is 3. The van der Waals surface area contributed by atoms with E-state index in [1.54, 1.807) is 6.07 Å². The van der Waals surface area contributed by atoms with Crippen molar-refractivity contribution < 1.29 is 13.2 Å². The summed E-state index contributed by atoms with van der Waals surface area (Å²) < 4.78 is 36.5. The molecule has 0 saturated heterocycles. The minimum absolute atomic E-state index is 0.125. The first-order valence-electron chi connectivity index (χ1n) is 4.19. The molecule has 5 heteroatoms. The Balaban J connectivity index is 2.74. The Hall–Kier alpha value is -0.550. The quantitative estimate of drug-likeness (QED) is 0.819. The van der Waals surface area contributed by atoms with Crippen molar-refractivity contribution in [1.29, 1.82) is 0 Å². The Kier molecular flexibility index (Phi) is 3.21. The monoisotopic (exact) mass is 223 g/mol. The number of thiophene rings is 1. The van der Waals surface area contributed by atoms with E-state index in [0.717, 1.165) is 9.75 Å². The van der Waals surface area contributed by atoms with E-state index in [4.69, 9.17) is 5.73 Å². The highest BCUT2D eigenvalue weighted by Gasteiger charge is 2.36. The zero-order valence-electron chi connectivity index (χ0n) is 7.98. The molecule has 0 aliphatic rings. The molecule has 2 N–H and O–H groups in total. The molecule has 14 heavy (non-hydrogen) atoms. The van der Waals surface area contributed by atoms with Crippen molar-refractivity contribution >= 4 is 11.3 Å². The van der Waals surface area contributed by atoms with E-state index in [1.165, 1.54) is 11.3 Å². The van der Waals surface area contributed by atoms with Crippen LogP contribution < -0.4 is 5.73 Å². The molecular weight excluding hydrogens is 211 g/mol. The molecule has 0 saturated carbocycles. The van der Waals surface area contributed by atoms with Gasteiger partial charge in [-0.1, -0.05) is 0 Å². The minimum atomic E-state index is -4.30. The standard InChI is InChI=1S/C9H12F3NS/c1-5-3-7(6(2)14-5)4-8(13)9(10,11)12/h3,8H,4,13H2,1-2H3. The van der Waals surface area contributed by atoms with E-state index >= 15 is 0 Å². The van der Waals surface area contributed by atoms with Crippen LogP contribution in [-0.2, 0) is 6.42 Å². The number of nitrogens with two attached hydrogens (primary N) is 1. The third-order valence-electron chi connectivity index (χ3n) is 2.00. The van der Waals surface area contributed by atoms with Gasteiger partial charge in [-0.2, -0.15) is 13.2 Å². The van der Waals surface area contributed by atoms with Crippen LogP contribution in [0.25, 0.3) is 0 Å². The van der Waals surface area contributed by atoms with Crippen LogP contribution in [0.1, 0.15) is 15.3 Å². The molecule has 0 bridgehead atoms. The lowest BCUT2D eigenvalue weighted by atomic mass is 10.1. The first kappa shape index (κ1) is 11.5. The summed E-state index contributed by atoms with van der Waals surface area (Å²) in [6.45, 7) is 3.69. The van der Waals surface area contributed by atoms with Gasteiger partial charge >= 0.3 is 6.18 Å². The number of aryl methyl sites for hydroxylation is 2. The SMILES string of the molecule is Cc1cc(CC(N)C(F)(F)F)c(C)s1. The Morgan fingerprint density at radius 3 is 2.36 bits per heavy atom. The van der Waals surface area contributed by atoms with E-state index in [1.807, 2.05) is 13.8 Å². The van der Waals surface area contributed by atoms with Crippen LogP contribution in [-0.4, -0.2) is 12.2 Å². The van der Waals surface area contributed by atoms with Crippen LogP contribution in [0.5, 0.6) is 0 Å². The van der Waals surface area contributed by atoms with Crippen LogP contribution in [0, 0.1) is 13.8 Å². The Bertz CT molecular complexity index is 316. The Morgan fingerprint density at radius 1 is 1.43 bits per heavy atom. The van der Waals surface area contributed by atoms with Crippen molar-refractivity contribution in [2.75, 3.05) is 0 Å². The molecule has 1 rings (SSSR count). The van der Waals surface area contributed by atoms with E-state index in [-0.39, 0.29) is 6.42 Å². The molecule has 0 aliphatic heterocycles. The molecule has 0 fully saturated rings. The summed E-state index contributed by atoms with van der Waals surface area (Å²) >= 11 is 1.50. The second-order valence-electron chi connectivity index (χ2n) is 3.29. The van der Waals surface area contributed by atoms with Crippen molar-refractivity contribution in [1.82, 2.24) is 0 Å². The zero-order valence-corrected chi connectivity index (χ0v) is 8.80. The summed E-state index contributed by atoms with van der Waals surface area (Å²) in [4.78, 5) is 1.94. The van der Waals surface area contributed by atoms with Crippen molar-refractivity contribution in [3.05, 3.63) is 21.4 Å². The van der Waals surface area contributed by atoms with Gasteiger partial charge in [0, 0.05) is 9.75 Å². The second kappa shape index (κ2) is 3.90. The number of alkyl halides is 3. The lowest BCUT2D eigenvalue weighted by Gasteiger charge is -2.14. The normalized spacial score (nSPS) is 14.4. The minimum Gasteiger partial charge on any atom is -0.320 e. The molecule has 1 aromatic heterocycles. The molecule has 0 aliphatic carbocycles. The second-order valence-corrected chi connectivity index (χ2v) is 4.75. The predicted octanol–water partition coefficient (Wildman–Crippen LogP) is 2.80. The highest BCUT2D eigenvalue weighted by molar-refractivity contribution is 7.12. The first-order valence-corrected chi connectivity index (χ1v) is 5.00. The summed E-state index contributed by atoms with van der Waals surface area (Å²) in [7, 11) is 0.